The SMILES string of the molecule is CC1(C)Cc2ccc(Br)cc2C(c2nnc3ccccc3n2)=N1. The van der Waals surface area contributed by atoms with Gasteiger partial charge in [0.15, 0.2) is 0 Å². The van der Waals surface area contributed by atoms with Gasteiger partial charge in [-0.25, -0.2) is 4.98 Å². The highest BCUT2D eigenvalue weighted by Crippen LogP contribution is 2.30. The van der Waals surface area contributed by atoms with Crippen LogP contribution in [0.5, 0.6) is 0 Å². The molecule has 1 aliphatic heterocycles. The third-order valence-corrected chi connectivity index (χ3v) is 4.43. The van der Waals surface area contributed by atoms with Crippen molar-refractivity contribution in [2.24, 2.45) is 4.99 Å². The first-order valence-corrected chi connectivity index (χ1v) is 8.30. The number of fused-ring (bicyclic) bond motifs is 2. The molecule has 2 aromatic carbocycles. The Morgan fingerprint density at radius 3 is 2.61 bits per heavy atom. The number of rotatable bonds is 1. The lowest BCUT2D eigenvalue weighted by molar-refractivity contribution is 0.513. The highest BCUT2D eigenvalue weighted by molar-refractivity contribution is 9.10. The van der Waals surface area contributed by atoms with Gasteiger partial charge in [0.2, 0.25) is 5.82 Å². The molecule has 0 fully saturated rings. The number of halogens is 1. The van der Waals surface area contributed by atoms with Crippen molar-refractivity contribution in [2.45, 2.75) is 25.8 Å². The van der Waals surface area contributed by atoms with Gasteiger partial charge in [0.25, 0.3) is 0 Å². The van der Waals surface area contributed by atoms with Crippen LogP contribution in [0.15, 0.2) is 51.9 Å². The van der Waals surface area contributed by atoms with Crippen molar-refractivity contribution in [3.8, 4) is 0 Å². The lowest BCUT2D eigenvalue weighted by atomic mass is 9.87. The molecule has 0 amide bonds. The molecule has 0 N–H and O–H groups in total. The fourth-order valence-electron chi connectivity index (χ4n) is 2.94. The van der Waals surface area contributed by atoms with Crippen LogP contribution in [0.2, 0.25) is 0 Å². The molecule has 23 heavy (non-hydrogen) atoms. The van der Waals surface area contributed by atoms with Gasteiger partial charge in [-0.3, -0.25) is 4.99 Å². The molecule has 0 unspecified atom stereocenters. The predicted molar refractivity (Wildman–Crippen MR) is 94.9 cm³/mol. The fraction of sp³-hybridized carbons (Fsp3) is 0.222. The first kappa shape index (κ1) is 14.5. The number of hydrogen-bond acceptors (Lipinski definition) is 4. The van der Waals surface area contributed by atoms with E-state index in [1.54, 1.807) is 0 Å². The number of aliphatic imine (C=N–C) groups is 1. The van der Waals surface area contributed by atoms with Gasteiger partial charge in [-0.05, 0) is 50.1 Å². The molecule has 1 aromatic heterocycles. The van der Waals surface area contributed by atoms with Crippen molar-refractivity contribution in [3.63, 3.8) is 0 Å². The van der Waals surface area contributed by atoms with Gasteiger partial charge in [-0.15, -0.1) is 10.2 Å². The average Bonchev–Trinajstić information content (AvgIpc) is 2.53. The molecular formula is C18H15BrN4. The Hall–Kier alpha value is -2.14. The maximum absolute atomic E-state index is 4.90. The number of hydrogen-bond donors (Lipinski definition) is 0. The molecule has 3 aromatic rings. The number of para-hydroxylation sites is 1. The first-order chi connectivity index (χ1) is 11.0. The molecule has 2 heterocycles. The van der Waals surface area contributed by atoms with Crippen molar-refractivity contribution in [3.05, 3.63) is 63.9 Å². The molecule has 0 radical (unpaired) electrons. The van der Waals surface area contributed by atoms with Crippen LogP contribution in [0.25, 0.3) is 11.0 Å². The summed E-state index contributed by atoms with van der Waals surface area (Å²) >= 11 is 3.55. The van der Waals surface area contributed by atoms with Gasteiger partial charge in [0, 0.05) is 10.0 Å². The predicted octanol–water partition coefficient (Wildman–Crippen LogP) is 3.96. The molecule has 0 saturated heterocycles. The summed E-state index contributed by atoms with van der Waals surface area (Å²) in [6, 6.07) is 14.0. The largest absolute Gasteiger partial charge is 0.274 e. The molecular weight excluding hydrogens is 352 g/mol. The van der Waals surface area contributed by atoms with Gasteiger partial charge in [-0.2, -0.15) is 0 Å². The minimum atomic E-state index is -0.175. The third kappa shape index (κ3) is 2.65. The summed E-state index contributed by atoms with van der Waals surface area (Å²) in [5.41, 5.74) is 4.61. The topological polar surface area (TPSA) is 51.0 Å². The van der Waals surface area contributed by atoms with Crippen molar-refractivity contribution < 1.29 is 0 Å². The molecule has 0 atom stereocenters. The van der Waals surface area contributed by atoms with E-state index in [1.807, 2.05) is 24.3 Å². The summed E-state index contributed by atoms with van der Waals surface area (Å²) in [6.45, 7) is 4.26. The zero-order valence-corrected chi connectivity index (χ0v) is 14.5. The molecule has 5 heteroatoms. The minimum absolute atomic E-state index is 0.175. The summed E-state index contributed by atoms with van der Waals surface area (Å²) in [6.07, 6.45) is 0.903. The van der Waals surface area contributed by atoms with Crippen molar-refractivity contribution in [1.82, 2.24) is 15.2 Å². The van der Waals surface area contributed by atoms with E-state index in [-0.39, 0.29) is 5.54 Å². The van der Waals surface area contributed by atoms with Crippen LogP contribution >= 0.6 is 15.9 Å². The Morgan fingerprint density at radius 2 is 1.78 bits per heavy atom. The highest BCUT2D eigenvalue weighted by Gasteiger charge is 2.29. The quantitative estimate of drug-likeness (QED) is 0.654. The minimum Gasteiger partial charge on any atom is -0.274 e. The van der Waals surface area contributed by atoms with Crippen LogP contribution in [0.3, 0.4) is 0 Å². The molecule has 1 aliphatic rings. The van der Waals surface area contributed by atoms with E-state index in [2.05, 4.69) is 63.2 Å². The average molecular weight is 367 g/mol. The molecule has 4 rings (SSSR count). The van der Waals surface area contributed by atoms with Crippen LogP contribution in [0.4, 0.5) is 0 Å². The summed E-state index contributed by atoms with van der Waals surface area (Å²) < 4.78 is 1.03. The molecule has 0 aliphatic carbocycles. The van der Waals surface area contributed by atoms with Gasteiger partial charge < -0.3 is 0 Å². The van der Waals surface area contributed by atoms with Gasteiger partial charge in [-0.1, -0.05) is 34.1 Å². The standard InChI is InChI=1S/C18H15BrN4/c1-18(2)10-11-7-8-12(19)9-13(11)16(21-18)17-20-14-5-3-4-6-15(14)22-23-17/h3-9H,10H2,1-2H3. The second-order valence-electron chi connectivity index (χ2n) is 6.38. The summed E-state index contributed by atoms with van der Waals surface area (Å²) in [5, 5.41) is 8.61. The van der Waals surface area contributed by atoms with Crippen LogP contribution in [0, 0.1) is 0 Å². The Bertz CT molecular complexity index is 947. The van der Waals surface area contributed by atoms with E-state index < -0.39 is 0 Å². The number of nitrogens with zero attached hydrogens (tertiary/aromatic N) is 4. The van der Waals surface area contributed by atoms with E-state index in [9.17, 15) is 0 Å². The second-order valence-corrected chi connectivity index (χ2v) is 7.29. The Labute approximate surface area is 142 Å². The van der Waals surface area contributed by atoms with Gasteiger partial charge in [0.05, 0.1) is 11.1 Å². The summed E-state index contributed by atoms with van der Waals surface area (Å²) in [4.78, 5) is 9.58. The van der Waals surface area contributed by atoms with Crippen molar-refractivity contribution in [2.75, 3.05) is 0 Å². The van der Waals surface area contributed by atoms with Crippen LogP contribution in [0.1, 0.15) is 30.8 Å². The molecule has 114 valence electrons. The normalized spacial score (nSPS) is 16.0. The van der Waals surface area contributed by atoms with Gasteiger partial charge >= 0.3 is 0 Å². The fourth-order valence-corrected chi connectivity index (χ4v) is 3.30. The zero-order valence-electron chi connectivity index (χ0n) is 12.9. The molecule has 0 spiro atoms. The maximum atomic E-state index is 4.90. The van der Waals surface area contributed by atoms with E-state index in [0.717, 1.165) is 33.2 Å². The van der Waals surface area contributed by atoms with Crippen LogP contribution in [-0.2, 0) is 6.42 Å². The Balaban J connectivity index is 1.94. The van der Waals surface area contributed by atoms with Crippen molar-refractivity contribution >= 4 is 32.7 Å². The highest BCUT2D eigenvalue weighted by atomic mass is 79.9. The maximum Gasteiger partial charge on any atom is 0.201 e. The number of aromatic nitrogens is 3. The molecule has 4 nitrogen and oxygen atoms in total. The zero-order chi connectivity index (χ0) is 16.0. The van der Waals surface area contributed by atoms with Crippen LogP contribution in [-0.4, -0.2) is 26.4 Å². The van der Waals surface area contributed by atoms with Crippen LogP contribution < -0.4 is 0 Å². The number of benzene rings is 2. The van der Waals surface area contributed by atoms with E-state index in [0.29, 0.717) is 5.82 Å². The van der Waals surface area contributed by atoms with Crippen molar-refractivity contribution in [1.29, 1.82) is 0 Å². The molecule has 0 bridgehead atoms. The smallest absolute Gasteiger partial charge is 0.201 e. The monoisotopic (exact) mass is 366 g/mol. The lowest BCUT2D eigenvalue weighted by Crippen LogP contribution is -2.30. The van der Waals surface area contributed by atoms with E-state index in [4.69, 9.17) is 4.99 Å². The third-order valence-electron chi connectivity index (χ3n) is 3.94. The lowest BCUT2D eigenvalue weighted by Gasteiger charge is -2.28. The Morgan fingerprint density at radius 1 is 1.00 bits per heavy atom. The van der Waals surface area contributed by atoms with E-state index >= 15 is 0 Å². The second kappa shape index (κ2) is 5.20. The first-order valence-electron chi connectivity index (χ1n) is 7.50. The summed E-state index contributed by atoms with van der Waals surface area (Å²) in [5.74, 6) is 0.579. The molecule has 0 saturated carbocycles. The van der Waals surface area contributed by atoms with E-state index in [1.165, 1.54) is 5.56 Å². The summed E-state index contributed by atoms with van der Waals surface area (Å²) in [7, 11) is 0. The Kier molecular flexibility index (Phi) is 3.27. The van der Waals surface area contributed by atoms with Gasteiger partial charge in [0.1, 0.15) is 11.2 Å².